The molecule has 0 saturated heterocycles. The van der Waals surface area contributed by atoms with Crippen LogP contribution in [0.2, 0.25) is 0 Å². The lowest BCUT2D eigenvalue weighted by Crippen LogP contribution is -1.99. The van der Waals surface area contributed by atoms with Gasteiger partial charge in [-0.05, 0) is 47.2 Å². The topological polar surface area (TPSA) is 30.7 Å². The van der Waals surface area contributed by atoms with E-state index in [1.54, 1.807) is 11.3 Å². The van der Waals surface area contributed by atoms with Crippen LogP contribution in [0, 0.1) is 0 Å². The monoisotopic (exact) mass is 377 g/mol. The molecule has 4 heteroatoms. The summed E-state index contributed by atoms with van der Waals surface area (Å²) in [5.74, 6) is 0.834. The summed E-state index contributed by atoms with van der Waals surface area (Å²) in [4.78, 5) is 0. The van der Waals surface area contributed by atoms with Crippen LogP contribution in [0.15, 0.2) is 90.3 Å². The van der Waals surface area contributed by atoms with E-state index >= 15 is 0 Å². The van der Waals surface area contributed by atoms with Gasteiger partial charge in [0.25, 0.3) is 0 Å². The minimum absolute atomic E-state index is 0.834. The van der Waals surface area contributed by atoms with E-state index in [2.05, 4.69) is 80.8 Å². The molecule has 0 bridgehead atoms. The molecule has 6 aromatic rings. The fraction of sp³-hybridized carbons (Fsp3) is 0. The molecule has 3 aromatic heterocycles. The molecule has 3 aromatic carbocycles. The molecule has 0 aliphatic rings. The summed E-state index contributed by atoms with van der Waals surface area (Å²) in [6, 6.07) is 29.5. The maximum Gasteiger partial charge on any atom is 0.160 e. The lowest BCUT2D eigenvalue weighted by atomic mass is 10.1. The van der Waals surface area contributed by atoms with Gasteiger partial charge in [0.1, 0.15) is 0 Å². The van der Waals surface area contributed by atoms with Crippen molar-refractivity contribution in [1.82, 2.24) is 14.8 Å². The molecule has 3 nitrogen and oxygen atoms in total. The number of thiophene rings is 1. The number of hydrogen-bond donors (Lipinski definition) is 0. The smallest absolute Gasteiger partial charge is 0.160 e. The van der Waals surface area contributed by atoms with E-state index in [1.165, 1.54) is 20.9 Å². The molecule has 0 fully saturated rings. The molecule has 0 unspecified atom stereocenters. The predicted molar refractivity (Wildman–Crippen MR) is 117 cm³/mol. The van der Waals surface area contributed by atoms with Crippen LogP contribution in [0.25, 0.3) is 49.0 Å². The van der Waals surface area contributed by atoms with Crippen molar-refractivity contribution in [3.8, 4) is 17.1 Å². The van der Waals surface area contributed by atoms with Crippen molar-refractivity contribution in [2.45, 2.75) is 0 Å². The Kier molecular flexibility index (Phi) is 3.34. The average molecular weight is 377 g/mol. The Labute approximate surface area is 165 Å². The zero-order chi connectivity index (χ0) is 18.5. The quantitative estimate of drug-likeness (QED) is 0.347. The maximum absolute atomic E-state index is 4.58. The fourth-order valence-corrected chi connectivity index (χ4v) is 4.69. The minimum atomic E-state index is 0.834. The Balaban J connectivity index is 1.62. The lowest BCUT2D eigenvalue weighted by Gasteiger charge is -2.07. The van der Waals surface area contributed by atoms with Crippen LogP contribution in [0.5, 0.6) is 0 Å². The van der Waals surface area contributed by atoms with E-state index in [4.69, 9.17) is 0 Å². The van der Waals surface area contributed by atoms with Crippen molar-refractivity contribution in [3.05, 3.63) is 90.3 Å². The van der Waals surface area contributed by atoms with Gasteiger partial charge in [0, 0.05) is 21.0 Å². The number of rotatable bonds is 2. The first-order valence-corrected chi connectivity index (χ1v) is 10.1. The van der Waals surface area contributed by atoms with Crippen molar-refractivity contribution in [3.63, 3.8) is 0 Å². The highest BCUT2D eigenvalue weighted by molar-refractivity contribution is 7.17. The molecule has 0 amide bonds. The maximum atomic E-state index is 4.58. The second-order valence-corrected chi connectivity index (χ2v) is 7.77. The van der Waals surface area contributed by atoms with E-state index in [9.17, 15) is 0 Å². The number of para-hydroxylation sites is 1. The first-order valence-electron chi connectivity index (χ1n) is 9.18. The van der Waals surface area contributed by atoms with Crippen LogP contribution >= 0.6 is 11.3 Å². The molecule has 28 heavy (non-hydrogen) atoms. The molecule has 0 saturated carbocycles. The molecule has 0 radical (unpaired) electrons. The van der Waals surface area contributed by atoms with Crippen LogP contribution in [0.1, 0.15) is 0 Å². The molecule has 0 spiro atoms. The third-order valence-electron chi connectivity index (χ3n) is 5.20. The Morgan fingerprint density at radius 2 is 1.54 bits per heavy atom. The fourth-order valence-electron chi connectivity index (χ4n) is 3.88. The molecule has 6 rings (SSSR count). The summed E-state index contributed by atoms with van der Waals surface area (Å²) in [6.45, 7) is 0. The summed E-state index contributed by atoms with van der Waals surface area (Å²) >= 11 is 1.78. The van der Waals surface area contributed by atoms with Gasteiger partial charge in [0.15, 0.2) is 5.82 Å². The van der Waals surface area contributed by atoms with E-state index in [0.29, 0.717) is 0 Å². The molecule has 0 aliphatic carbocycles. The van der Waals surface area contributed by atoms with Crippen molar-refractivity contribution >= 4 is 43.2 Å². The van der Waals surface area contributed by atoms with Crippen LogP contribution in [0.3, 0.4) is 0 Å². The van der Waals surface area contributed by atoms with Crippen molar-refractivity contribution in [1.29, 1.82) is 0 Å². The highest BCUT2D eigenvalue weighted by Crippen LogP contribution is 2.35. The van der Waals surface area contributed by atoms with Gasteiger partial charge in [-0.3, -0.25) is 4.57 Å². The average Bonchev–Trinajstić information content (AvgIpc) is 3.35. The van der Waals surface area contributed by atoms with Gasteiger partial charge < -0.3 is 0 Å². The first-order chi connectivity index (χ1) is 13.9. The molecular formula is C24H15N3S. The largest absolute Gasteiger partial charge is 0.292 e. The van der Waals surface area contributed by atoms with Gasteiger partial charge in [0.2, 0.25) is 0 Å². The first kappa shape index (κ1) is 15.5. The van der Waals surface area contributed by atoms with E-state index in [0.717, 1.165) is 28.1 Å². The number of aromatic nitrogens is 3. The Morgan fingerprint density at radius 1 is 0.679 bits per heavy atom. The normalized spacial score (nSPS) is 11.6. The highest BCUT2D eigenvalue weighted by Gasteiger charge is 2.14. The van der Waals surface area contributed by atoms with E-state index in [1.807, 2.05) is 24.3 Å². The summed E-state index contributed by atoms with van der Waals surface area (Å²) in [7, 11) is 0. The zero-order valence-electron chi connectivity index (χ0n) is 14.9. The molecule has 0 atom stereocenters. The summed E-state index contributed by atoms with van der Waals surface area (Å²) in [6.07, 6.45) is 0. The van der Waals surface area contributed by atoms with Gasteiger partial charge in [-0.25, -0.2) is 0 Å². The van der Waals surface area contributed by atoms with Gasteiger partial charge in [-0.15, -0.1) is 21.5 Å². The number of benzene rings is 3. The SMILES string of the molecule is c1ccc(-c2ccc(-n3c4ccccc4c4cc5sccc5cc43)nn2)cc1. The Hall–Kier alpha value is -3.50. The number of nitrogens with zero attached hydrogens (tertiary/aromatic N) is 3. The summed E-state index contributed by atoms with van der Waals surface area (Å²) < 4.78 is 3.52. The van der Waals surface area contributed by atoms with Crippen molar-refractivity contribution in [2.24, 2.45) is 0 Å². The molecule has 0 N–H and O–H groups in total. The molecular weight excluding hydrogens is 362 g/mol. The standard InChI is InChI=1S/C24H15N3S/c1-2-6-16(7-3-1)20-10-11-24(26-25-20)27-21-9-5-4-8-18(21)19-15-23-17(12-13-28-23)14-22(19)27/h1-15H. The van der Waals surface area contributed by atoms with Crippen LogP contribution in [-0.2, 0) is 0 Å². The van der Waals surface area contributed by atoms with Crippen LogP contribution in [0.4, 0.5) is 0 Å². The third-order valence-corrected chi connectivity index (χ3v) is 6.08. The van der Waals surface area contributed by atoms with Crippen molar-refractivity contribution in [2.75, 3.05) is 0 Å². The summed E-state index contributed by atoms with van der Waals surface area (Å²) in [5.41, 5.74) is 4.26. The van der Waals surface area contributed by atoms with E-state index in [-0.39, 0.29) is 0 Å². The number of fused-ring (bicyclic) bond motifs is 4. The predicted octanol–water partition coefficient (Wildman–Crippen LogP) is 6.46. The molecule has 3 heterocycles. The molecule has 132 valence electrons. The van der Waals surface area contributed by atoms with Crippen molar-refractivity contribution < 1.29 is 0 Å². The Bertz CT molecular complexity index is 1440. The number of hydrogen-bond acceptors (Lipinski definition) is 3. The third kappa shape index (κ3) is 2.28. The molecule has 0 aliphatic heterocycles. The van der Waals surface area contributed by atoms with Gasteiger partial charge in [-0.2, -0.15) is 0 Å². The second kappa shape index (κ2) is 6.01. The van der Waals surface area contributed by atoms with Gasteiger partial charge >= 0.3 is 0 Å². The van der Waals surface area contributed by atoms with E-state index < -0.39 is 0 Å². The summed E-state index contributed by atoms with van der Waals surface area (Å²) in [5, 5.41) is 15.0. The van der Waals surface area contributed by atoms with Crippen LogP contribution in [-0.4, -0.2) is 14.8 Å². The highest BCUT2D eigenvalue weighted by atomic mass is 32.1. The Morgan fingerprint density at radius 3 is 2.39 bits per heavy atom. The van der Waals surface area contributed by atoms with Gasteiger partial charge in [0.05, 0.1) is 16.7 Å². The second-order valence-electron chi connectivity index (χ2n) is 6.82. The van der Waals surface area contributed by atoms with Gasteiger partial charge in [-0.1, -0.05) is 48.5 Å². The lowest BCUT2D eigenvalue weighted by molar-refractivity contribution is 0.958. The van der Waals surface area contributed by atoms with Crippen LogP contribution < -0.4 is 0 Å². The zero-order valence-corrected chi connectivity index (χ0v) is 15.7. The minimum Gasteiger partial charge on any atom is -0.292 e.